The van der Waals surface area contributed by atoms with E-state index in [1.54, 1.807) is 43.4 Å². The summed E-state index contributed by atoms with van der Waals surface area (Å²) in [7, 11) is 1.69. The number of thiocarbonyl (C=S) groups is 1. The molecule has 1 aromatic heterocycles. The summed E-state index contributed by atoms with van der Waals surface area (Å²) in [5, 5.41) is 8.47. The Morgan fingerprint density at radius 3 is 2.27 bits per heavy atom. The number of halogens is 3. The fourth-order valence-electron chi connectivity index (χ4n) is 3.13. The second kappa shape index (κ2) is 9.87. The summed E-state index contributed by atoms with van der Waals surface area (Å²) in [6.45, 7) is 0. The van der Waals surface area contributed by atoms with Gasteiger partial charge in [-0.3, -0.25) is 24.5 Å². The highest BCUT2D eigenvalue weighted by molar-refractivity contribution is 7.98. The first-order valence-corrected chi connectivity index (χ1v) is 12.0. The minimum atomic E-state index is -0.605. The van der Waals surface area contributed by atoms with E-state index >= 15 is 0 Å². The number of nitrogens with zero attached hydrogens (tertiary/aromatic N) is 3. The molecule has 1 aliphatic rings. The number of aryl methyl sites for hydroxylation is 1. The smallest absolute Gasteiger partial charge is 0.270 e. The van der Waals surface area contributed by atoms with Crippen LogP contribution in [0.2, 0.25) is 15.2 Å². The normalized spacial score (nSPS) is 15.3. The highest BCUT2D eigenvalue weighted by atomic mass is 35.5. The van der Waals surface area contributed by atoms with Gasteiger partial charge in [-0.25, -0.2) is 0 Å². The van der Waals surface area contributed by atoms with Gasteiger partial charge >= 0.3 is 0 Å². The predicted octanol–water partition coefficient (Wildman–Crippen LogP) is 5.50. The average Bonchev–Trinajstić information content (AvgIpc) is 3.05. The van der Waals surface area contributed by atoms with Crippen LogP contribution in [0.1, 0.15) is 11.3 Å². The molecule has 0 spiro atoms. The van der Waals surface area contributed by atoms with Crippen molar-refractivity contribution < 1.29 is 9.59 Å². The van der Waals surface area contributed by atoms with Gasteiger partial charge in [-0.05, 0) is 66.8 Å². The Morgan fingerprint density at radius 2 is 1.64 bits per heavy atom. The van der Waals surface area contributed by atoms with Gasteiger partial charge in [0.2, 0.25) is 0 Å². The van der Waals surface area contributed by atoms with E-state index in [1.807, 2.05) is 12.1 Å². The van der Waals surface area contributed by atoms with Crippen molar-refractivity contribution in [3.05, 3.63) is 80.6 Å². The zero-order valence-corrected chi connectivity index (χ0v) is 20.9. The molecule has 2 amide bonds. The Morgan fingerprint density at radius 1 is 1.03 bits per heavy atom. The van der Waals surface area contributed by atoms with Gasteiger partial charge in [-0.2, -0.15) is 5.10 Å². The van der Waals surface area contributed by atoms with Crippen LogP contribution in [-0.4, -0.2) is 26.7 Å². The number of carbonyl (C=O) groups is 2. The number of anilines is 1. The maximum atomic E-state index is 13.3. The lowest BCUT2D eigenvalue weighted by Crippen LogP contribution is -2.54. The van der Waals surface area contributed by atoms with Crippen molar-refractivity contribution in [2.45, 2.75) is 10.6 Å². The molecule has 33 heavy (non-hydrogen) atoms. The molecule has 1 aliphatic heterocycles. The maximum Gasteiger partial charge on any atom is 0.270 e. The number of hydrogen-bond acceptors (Lipinski definition) is 5. The van der Waals surface area contributed by atoms with E-state index in [0.29, 0.717) is 37.9 Å². The summed E-state index contributed by atoms with van der Waals surface area (Å²) in [6.07, 6.45) is 1.45. The van der Waals surface area contributed by atoms with Gasteiger partial charge in [0.15, 0.2) is 5.11 Å². The number of carbonyl (C=O) groups excluding carboxylic acids is 2. The van der Waals surface area contributed by atoms with E-state index in [-0.39, 0.29) is 10.7 Å². The van der Waals surface area contributed by atoms with E-state index in [9.17, 15) is 9.59 Å². The van der Waals surface area contributed by atoms with E-state index in [2.05, 4.69) is 10.4 Å². The summed E-state index contributed by atoms with van der Waals surface area (Å²) in [6, 6.07) is 14.0. The number of thioether (sulfide) groups is 1. The average molecular weight is 538 g/mol. The molecular formula is C22H15Cl3N4O2S2. The molecule has 168 valence electrons. The molecule has 0 unspecified atom stereocenters. The van der Waals surface area contributed by atoms with E-state index in [0.717, 1.165) is 4.90 Å². The molecule has 0 atom stereocenters. The second-order valence-corrected chi connectivity index (χ2v) is 9.62. The van der Waals surface area contributed by atoms with E-state index in [4.69, 9.17) is 47.0 Å². The fraction of sp³-hybridized carbons (Fsp3) is 0.0909. The van der Waals surface area contributed by atoms with Crippen molar-refractivity contribution in [2.75, 3.05) is 4.90 Å². The van der Waals surface area contributed by atoms with Crippen LogP contribution in [0.25, 0.3) is 6.08 Å². The second-order valence-electron chi connectivity index (χ2n) is 6.95. The molecule has 1 fully saturated rings. The molecule has 4 rings (SSSR count). The number of benzene rings is 2. The van der Waals surface area contributed by atoms with Crippen molar-refractivity contribution in [3.63, 3.8) is 0 Å². The molecule has 0 radical (unpaired) electrons. The quantitative estimate of drug-likeness (QED) is 0.201. The van der Waals surface area contributed by atoms with Crippen LogP contribution in [-0.2, 0) is 22.4 Å². The highest BCUT2D eigenvalue weighted by Gasteiger charge is 2.35. The molecule has 0 aliphatic carbocycles. The van der Waals surface area contributed by atoms with Crippen molar-refractivity contribution in [1.29, 1.82) is 0 Å². The van der Waals surface area contributed by atoms with Crippen LogP contribution in [0.5, 0.6) is 0 Å². The van der Waals surface area contributed by atoms with Gasteiger partial charge < -0.3 is 0 Å². The van der Waals surface area contributed by atoms with E-state index in [1.165, 1.54) is 27.4 Å². The van der Waals surface area contributed by atoms with Gasteiger partial charge in [-0.1, -0.05) is 34.8 Å². The van der Waals surface area contributed by atoms with Crippen LogP contribution in [0.3, 0.4) is 0 Å². The largest absolute Gasteiger partial charge is 0.298 e. The standard InChI is InChI=1S/C22H15Cl3N4O2S2/c1-28-19(25)16(18(27-28)11-33-15-8-4-13(24)5-9-15)10-17-20(30)26-22(32)29(21(17)31)14-6-2-12(23)3-7-14/h2-10H,11H2,1H3,(H,26,30,32). The lowest BCUT2D eigenvalue weighted by atomic mass is 10.1. The first-order chi connectivity index (χ1) is 15.7. The summed E-state index contributed by atoms with van der Waals surface area (Å²) in [5.74, 6) is -0.704. The van der Waals surface area contributed by atoms with Gasteiger partial charge in [-0.15, -0.1) is 11.8 Å². The van der Waals surface area contributed by atoms with Crippen LogP contribution >= 0.6 is 58.8 Å². The summed E-state index contributed by atoms with van der Waals surface area (Å²) < 4.78 is 1.50. The molecule has 0 bridgehead atoms. The first-order valence-electron chi connectivity index (χ1n) is 9.51. The first kappa shape index (κ1) is 23.8. The van der Waals surface area contributed by atoms with Crippen molar-refractivity contribution >= 4 is 87.5 Å². The van der Waals surface area contributed by atoms with Crippen molar-refractivity contribution in [1.82, 2.24) is 15.1 Å². The molecule has 0 saturated carbocycles. The fourth-order valence-corrected chi connectivity index (χ4v) is 4.71. The Balaban J connectivity index is 1.67. The van der Waals surface area contributed by atoms with Gasteiger partial charge in [0.1, 0.15) is 10.7 Å². The van der Waals surface area contributed by atoms with Crippen LogP contribution < -0.4 is 10.2 Å². The maximum absolute atomic E-state index is 13.3. The molecule has 1 N–H and O–H groups in total. The number of nitrogens with one attached hydrogen (secondary N) is 1. The Hall–Kier alpha value is -2.36. The third kappa shape index (κ3) is 5.10. The Kier molecular flexibility index (Phi) is 7.11. The molecular weight excluding hydrogens is 523 g/mol. The highest BCUT2D eigenvalue weighted by Crippen LogP contribution is 2.31. The van der Waals surface area contributed by atoms with E-state index < -0.39 is 11.8 Å². The molecule has 2 heterocycles. The monoisotopic (exact) mass is 536 g/mol. The summed E-state index contributed by atoms with van der Waals surface area (Å²) >= 11 is 25.1. The SMILES string of the molecule is Cn1nc(CSc2ccc(Cl)cc2)c(C=C2C(=O)NC(=S)N(c3ccc(Cl)cc3)C2=O)c1Cl. The lowest BCUT2D eigenvalue weighted by Gasteiger charge is -2.28. The summed E-state index contributed by atoms with van der Waals surface area (Å²) in [5.41, 5.74) is 1.49. The third-order valence-corrected chi connectivity index (χ3v) is 7.01. The van der Waals surface area contributed by atoms with Crippen LogP contribution in [0, 0.1) is 0 Å². The zero-order chi connectivity index (χ0) is 23.7. The lowest BCUT2D eigenvalue weighted by molar-refractivity contribution is -0.122. The minimum Gasteiger partial charge on any atom is -0.298 e. The number of aromatic nitrogens is 2. The number of hydrogen-bond donors (Lipinski definition) is 1. The minimum absolute atomic E-state index is 0.0136. The molecule has 11 heteroatoms. The van der Waals surface area contributed by atoms with Crippen molar-refractivity contribution in [2.24, 2.45) is 7.05 Å². The molecule has 1 saturated heterocycles. The Bertz CT molecular complexity index is 1290. The van der Waals surface area contributed by atoms with Gasteiger partial charge in [0.25, 0.3) is 11.8 Å². The topological polar surface area (TPSA) is 67.2 Å². The molecule has 2 aromatic carbocycles. The number of amides is 2. The van der Waals surface area contributed by atoms with Gasteiger partial charge in [0.05, 0.1) is 11.4 Å². The van der Waals surface area contributed by atoms with Gasteiger partial charge in [0, 0.05) is 33.3 Å². The Labute approximate surface area is 214 Å². The van der Waals surface area contributed by atoms with Crippen LogP contribution in [0.4, 0.5) is 5.69 Å². The van der Waals surface area contributed by atoms with Crippen LogP contribution in [0.15, 0.2) is 59.0 Å². The third-order valence-electron chi connectivity index (χ3n) is 4.75. The molecule has 3 aromatic rings. The van der Waals surface area contributed by atoms with Crippen molar-refractivity contribution in [3.8, 4) is 0 Å². The predicted molar refractivity (Wildman–Crippen MR) is 137 cm³/mol. The zero-order valence-electron chi connectivity index (χ0n) is 17.0. The molecule has 6 nitrogen and oxygen atoms in total. The number of rotatable bonds is 5. The summed E-state index contributed by atoms with van der Waals surface area (Å²) in [4.78, 5) is 28.2.